The molecule has 0 aliphatic rings. The number of pyridine rings is 1. The fraction of sp³-hybridized carbons (Fsp3) is 0.250. The van der Waals surface area contributed by atoms with Gasteiger partial charge in [0.2, 0.25) is 0 Å². The maximum absolute atomic E-state index is 4.30. The Hall–Kier alpha value is -1.37. The molecule has 0 aliphatic carbocycles. The highest BCUT2D eigenvalue weighted by Crippen LogP contribution is 2.22. The van der Waals surface area contributed by atoms with Crippen molar-refractivity contribution in [2.45, 2.75) is 13.8 Å². The Balaban J connectivity index is 3.13. The molecule has 0 aliphatic heterocycles. The van der Waals surface area contributed by atoms with Crippen LogP contribution in [-0.2, 0) is 0 Å². The number of aromatic nitrogens is 1. The second-order valence-corrected chi connectivity index (χ2v) is 3.33. The van der Waals surface area contributed by atoms with Crippen molar-refractivity contribution in [2.24, 2.45) is 5.92 Å². The number of rotatable bonds is 3. The summed E-state index contributed by atoms with van der Waals surface area (Å²) in [5.41, 5.74) is 3.09. The highest BCUT2D eigenvalue weighted by molar-refractivity contribution is 5.70. The van der Waals surface area contributed by atoms with Gasteiger partial charge in [-0.05, 0) is 23.1 Å². The van der Waals surface area contributed by atoms with Gasteiger partial charge in [-0.1, -0.05) is 39.1 Å². The van der Waals surface area contributed by atoms with Crippen molar-refractivity contribution in [3.63, 3.8) is 0 Å². The fourth-order valence-electron chi connectivity index (χ4n) is 1.12. The predicted molar refractivity (Wildman–Crippen MR) is 58.2 cm³/mol. The lowest BCUT2D eigenvalue weighted by Gasteiger charge is -2.10. The average molecular weight is 173 g/mol. The van der Waals surface area contributed by atoms with Gasteiger partial charge in [-0.15, -0.1) is 0 Å². The number of hydrogen-bond acceptors (Lipinski definition) is 1. The molecule has 0 fully saturated rings. The lowest BCUT2D eigenvalue weighted by atomic mass is 9.98. The van der Waals surface area contributed by atoms with Gasteiger partial charge < -0.3 is 0 Å². The van der Waals surface area contributed by atoms with Crippen LogP contribution in [0.15, 0.2) is 31.5 Å². The first-order valence-corrected chi connectivity index (χ1v) is 4.43. The standard InChI is InChI=1S/C12H15N/c1-5-11-7-6-8-13-12(11)10(4)9(2)3/h5-9H,1,4H2,2-3H3. The summed E-state index contributed by atoms with van der Waals surface area (Å²) >= 11 is 0. The zero-order chi connectivity index (χ0) is 9.84. The molecule has 0 unspecified atom stereocenters. The van der Waals surface area contributed by atoms with Crippen LogP contribution in [0.1, 0.15) is 25.1 Å². The molecule has 1 aromatic heterocycles. The molecule has 0 amide bonds. The minimum absolute atomic E-state index is 0.425. The molecule has 0 saturated carbocycles. The summed E-state index contributed by atoms with van der Waals surface area (Å²) in [5.74, 6) is 0.425. The van der Waals surface area contributed by atoms with Crippen LogP contribution in [0.4, 0.5) is 0 Å². The molecule has 0 saturated heterocycles. The first-order valence-electron chi connectivity index (χ1n) is 4.43. The van der Waals surface area contributed by atoms with Gasteiger partial charge in [0.05, 0.1) is 5.69 Å². The van der Waals surface area contributed by atoms with Gasteiger partial charge in [0.15, 0.2) is 0 Å². The molecule has 1 nitrogen and oxygen atoms in total. The molecule has 1 heterocycles. The van der Waals surface area contributed by atoms with E-state index in [1.807, 2.05) is 18.2 Å². The lowest BCUT2D eigenvalue weighted by molar-refractivity contribution is 0.850. The van der Waals surface area contributed by atoms with E-state index in [0.717, 1.165) is 16.8 Å². The van der Waals surface area contributed by atoms with Crippen molar-refractivity contribution in [1.82, 2.24) is 4.98 Å². The van der Waals surface area contributed by atoms with Gasteiger partial charge in [0.25, 0.3) is 0 Å². The molecule has 0 atom stereocenters. The van der Waals surface area contributed by atoms with E-state index in [2.05, 4.69) is 32.0 Å². The number of nitrogens with zero attached hydrogens (tertiary/aromatic N) is 1. The Labute approximate surface area is 79.8 Å². The van der Waals surface area contributed by atoms with Crippen LogP contribution in [0.2, 0.25) is 0 Å². The molecule has 0 aromatic carbocycles. The SMILES string of the molecule is C=Cc1cccnc1C(=C)C(C)C. The van der Waals surface area contributed by atoms with Gasteiger partial charge in [0.1, 0.15) is 0 Å². The highest BCUT2D eigenvalue weighted by atomic mass is 14.7. The van der Waals surface area contributed by atoms with E-state index in [1.54, 1.807) is 6.20 Å². The maximum atomic E-state index is 4.30. The topological polar surface area (TPSA) is 12.9 Å². The van der Waals surface area contributed by atoms with E-state index < -0.39 is 0 Å². The predicted octanol–water partition coefficient (Wildman–Crippen LogP) is 3.39. The van der Waals surface area contributed by atoms with Crippen LogP contribution in [0, 0.1) is 5.92 Å². The summed E-state index contributed by atoms with van der Waals surface area (Å²) in [5, 5.41) is 0. The zero-order valence-electron chi connectivity index (χ0n) is 8.25. The molecule has 1 aromatic rings. The van der Waals surface area contributed by atoms with E-state index in [0.29, 0.717) is 5.92 Å². The van der Waals surface area contributed by atoms with Crippen molar-refractivity contribution in [1.29, 1.82) is 0 Å². The van der Waals surface area contributed by atoms with Gasteiger partial charge >= 0.3 is 0 Å². The van der Waals surface area contributed by atoms with Crippen LogP contribution in [0.3, 0.4) is 0 Å². The van der Waals surface area contributed by atoms with Crippen LogP contribution >= 0.6 is 0 Å². The van der Waals surface area contributed by atoms with Crippen LogP contribution in [-0.4, -0.2) is 4.98 Å². The lowest BCUT2D eigenvalue weighted by Crippen LogP contribution is -1.97. The molecule has 1 heteroatoms. The first-order chi connectivity index (χ1) is 6.16. The summed E-state index contributed by atoms with van der Waals surface area (Å²) in [4.78, 5) is 4.30. The average Bonchev–Trinajstić information content (AvgIpc) is 2.16. The molecule has 68 valence electrons. The Morgan fingerprint density at radius 3 is 2.77 bits per heavy atom. The second kappa shape index (κ2) is 4.04. The number of allylic oxidation sites excluding steroid dienone is 1. The van der Waals surface area contributed by atoms with Gasteiger partial charge in [-0.3, -0.25) is 4.98 Å². The van der Waals surface area contributed by atoms with E-state index in [9.17, 15) is 0 Å². The van der Waals surface area contributed by atoms with E-state index in [1.165, 1.54) is 0 Å². The molecular weight excluding hydrogens is 158 g/mol. The Kier molecular flexibility index (Phi) is 3.02. The van der Waals surface area contributed by atoms with Gasteiger partial charge in [-0.2, -0.15) is 0 Å². The quantitative estimate of drug-likeness (QED) is 0.682. The normalized spacial score (nSPS) is 10.1. The second-order valence-electron chi connectivity index (χ2n) is 3.33. The van der Waals surface area contributed by atoms with E-state index >= 15 is 0 Å². The molecule has 0 radical (unpaired) electrons. The molecule has 0 spiro atoms. The summed E-state index contributed by atoms with van der Waals surface area (Å²) in [6, 6.07) is 3.91. The molecule has 0 bridgehead atoms. The van der Waals surface area contributed by atoms with Gasteiger partial charge in [-0.25, -0.2) is 0 Å². The Morgan fingerprint density at radius 1 is 1.54 bits per heavy atom. The third-order valence-corrected chi connectivity index (χ3v) is 2.06. The maximum Gasteiger partial charge on any atom is 0.0730 e. The Morgan fingerprint density at radius 2 is 2.23 bits per heavy atom. The summed E-state index contributed by atoms with van der Waals surface area (Å²) in [6.45, 7) is 12.0. The third-order valence-electron chi connectivity index (χ3n) is 2.06. The molecule has 0 N–H and O–H groups in total. The van der Waals surface area contributed by atoms with Crippen LogP contribution in [0.5, 0.6) is 0 Å². The molecule has 13 heavy (non-hydrogen) atoms. The summed E-state index contributed by atoms with van der Waals surface area (Å²) in [7, 11) is 0. The molecule has 1 rings (SSSR count). The van der Waals surface area contributed by atoms with Gasteiger partial charge in [0, 0.05) is 6.20 Å². The van der Waals surface area contributed by atoms with Crippen molar-refractivity contribution in [2.75, 3.05) is 0 Å². The highest BCUT2D eigenvalue weighted by Gasteiger charge is 2.07. The van der Waals surface area contributed by atoms with Crippen LogP contribution in [0.25, 0.3) is 11.6 Å². The summed E-state index contributed by atoms with van der Waals surface area (Å²) < 4.78 is 0. The first kappa shape index (κ1) is 9.72. The fourth-order valence-corrected chi connectivity index (χ4v) is 1.12. The Bertz CT molecular complexity index is 324. The summed E-state index contributed by atoms with van der Waals surface area (Å²) in [6.07, 6.45) is 3.60. The van der Waals surface area contributed by atoms with Crippen molar-refractivity contribution < 1.29 is 0 Å². The van der Waals surface area contributed by atoms with Crippen molar-refractivity contribution in [3.05, 3.63) is 42.7 Å². The zero-order valence-corrected chi connectivity index (χ0v) is 8.25. The van der Waals surface area contributed by atoms with Crippen molar-refractivity contribution >= 4 is 11.6 Å². The number of hydrogen-bond donors (Lipinski definition) is 0. The largest absolute Gasteiger partial charge is 0.256 e. The smallest absolute Gasteiger partial charge is 0.0730 e. The van der Waals surface area contributed by atoms with Crippen LogP contribution < -0.4 is 0 Å². The van der Waals surface area contributed by atoms with Crippen molar-refractivity contribution in [3.8, 4) is 0 Å². The third kappa shape index (κ3) is 2.05. The molecular formula is C12H15N. The van der Waals surface area contributed by atoms with E-state index in [-0.39, 0.29) is 0 Å². The monoisotopic (exact) mass is 173 g/mol. The minimum Gasteiger partial charge on any atom is -0.256 e. The minimum atomic E-state index is 0.425. The van der Waals surface area contributed by atoms with E-state index in [4.69, 9.17) is 0 Å².